The summed E-state index contributed by atoms with van der Waals surface area (Å²) < 4.78 is 3.33. The van der Waals surface area contributed by atoms with Gasteiger partial charge in [-0.3, -0.25) is 0 Å². The highest BCUT2D eigenvalue weighted by atomic mass is 35.5. The van der Waals surface area contributed by atoms with Gasteiger partial charge in [0.25, 0.3) is 0 Å². The Morgan fingerprint density at radius 2 is 1.88 bits per heavy atom. The molecule has 4 rings (SSSR count). The predicted octanol–water partition coefficient (Wildman–Crippen LogP) is 5.64. The summed E-state index contributed by atoms with van der Waals surface area (Å²) in [7, 11) is 2.02. The smallest absolute Gasteiger partial charge is 0.191 e. The molecule has 120 valence electrons. The standard InChI is InChI=1S/C18H14ClN3S2/c1-22-17(15-11-23-16-5-3-2-4-14(15)16)20-21-18(22)24-10-12-6-8-13(19)9-7-12/h2-9,11H,10H2,1H3. The van der Waals surface area contributed by atoms with Gasteiger partial charge in [0.1, 0.15) is 0 Å². The maximum Gasteiger partial charge on any atom is 0.191 e. The number of fused-ring (bicyclic) bond motifs is 1. The molecule has 2 aromatic carbocycles. The van der Waals surface area contributed by atoms with Crippen molar-refractivity contribution in [1.82, 2.24) is 14.8 Å². The van der Waals surface area contributed by atoms with Crippen LogP contribution in [-0.2, 0) is 12.8 Å². The Balaban J connectivity index is 1.60. The second kappa shape index (κ2) is 6.59. The molecule has 0 atom stereocenters. The zero-order valence-electron chi connectivity index (χ0n) is 12.9. The van der Waals surface area contributed by atoms with E-state index in [4.69, 9.17) is 11.6 Å². The molecule has 2 aromatic heterocycles. The Hall–Kier alpha value is -1.82. The molecule has 0 saturated heterocycles. The molecule has 0 saturated carbocycles. The van der Waals surface area contributed by atoms with Crippen LogP contribution in [0.4, 0.5) is 0 Å². The van der Waals surface area contributed by atoms with Crippen LogP contribution in [0, 0.1) is 0 Å². The molecule has 0 bridgehead atoms. The minimum atomic E-state index is 0.758. The normalized spacial score (nSPS) is 11.2. The minimum absolute atomic E-state index is 0.758. The number of hydrogen-bond acceptors (Lipinski definition) is 4. The molecule has 3 nitrogen and oxygen atoms in total. The van der Waals surface area contributed by atoms with Crippen molar-refractivity contribution in [2.24, 2.45) is 7.05 Å². The van der Waals surface area contributed by atoms with Gasteiger partial charge in [-0.25, -0.2) is 0 Å². The highest BCUT2D eigenvalue weighted by Crippen LogP contribution is 2.34. The van der Waals surface area contributed by atoms with E-state index in [1.165, 1.54) is 15.6 Å². The third-order valence-corrected chi connectivity index (χ3v) is 6.14. The van der Waals surface area contributed by atoms with Gasteiger partial charge in [0.2, 0.25) is 0 Å². The fourth-order valence-corrected chi connectivity index (χ4v) is 4.49. The molecule has 0 unspecified atom stereocenters. The zero-order valence-corrected chi connectivity index (χ0v) is 15.3. The Kier molecular flexibility index (Phi) is 4.31. The van der Waals surface area contributed by atoms with Crippen molar-refractivity contribution < 1.29 is 0 Å². The summed E-state index contributed by atoms with van der Waals surface area (Å²) in [6.07, 6.45) is 0. The Morgan fingerprint density at radius 3 is 2.71 bits per heavy atom. The Labute approximate surface area is 153 Å². The van der Waals surface area contributed by atoms with Crippen LogP contribution in [0.3, 0.4) is 0 Å². The molecule has 0 aliphatic rings. The summed E-state index contributed by atoms with van der Waals surface area (Å²) in [5.41, 5.74) is 2.36. The lowest BCUT2D eigenvalue weighted by atomic mass is 10.2. The van der Waals surface area contributed by atoms with Crippen molar-refractivity contribution in [3.63, 3.8) is 0 Å². The van der Waals surface area contributed by atoms with Gasteiger partial charge in [0.05, 0.1) is 0 Å². The minimum Gasteiger partial charge on any atom is -0.305 e. The van der Waals surface area contributed by atoms with Crippen molar-refractivity contribution in [2.45, 2.75) is 10.9 Å². The molecule has 24 heavy (non-hydrogen) atoms. The number of thioether (sulfide) groups is 1. The maximum atomic E-state index is 5.93. The van der Waals surface area contributed by atoms with Crippen molar-refractivity contribution in [2.75, 3.05) is 0 Å². The number of benzene rings is 2. The van der Waals surface area contributed by atoms with Gasteiger partial charge in [-0.1, -0.05) is 53.7 Å². The largest absolute Gasteiger partial charge is 0.305 e. The number of thiophene rings is 1. The molecule has 4 aromatic rings. The summed E-state index contributed by atoms with van der Waals surface area (Å²) in [6.45, 7) is 0. The van der Waals surface area contributed by atoms with E-state index in [1.807, 2.05) is 31.3 Å². The monoisotopic (exact) mass is 371 g/mol. The van der Waals surface area contributed by atoms with Gasteiger partial charge in [0, 0.05) is 38.9 Å². The van der Waals surface area contributed by atoms with Crippen LogP contribution in [0.2, 0.25) is 5.02 Å². The van der Waals surface area contributed by atoms with Crippen LogP contribution in [0.1, 0.15) is 5.56 Å². The highest BCUT2D eigenvalue weighted by molar-refractivity contribution is 7.98. The van der Waals surface area contributed by atoms with Crippen molar-refractivity contribution in [3.05, 3.63) is 64.5 Å². The van der Waals surface area contributed by atoms with E-state index in [-0.39, 0.29) is 0 Å². The summed E-state index contributed by atoms with van der Waals surface area (Å²) >= 11 is 9.35. The average Bonchev–Trinajstić information content (AvgIpc) is 3.18. The second-order valence-corrected chi connectivity index (χ2v) is 7.72. The highest BCUT2D eigenvalue weighted by Gasteiger charge is 2.15. The van der Waals surface area contributed by atoms with Crippen LogP contribution in [0.15, 0.2) is 59.1 Å². The first-order valence-corrected chi connectivity index (χ1v) is 9.70. The topological polar surface area (TPSA) is 30.7 Å². The molecule has 0 spiro atoms. The van der Waals surface area contributed by atoms with Crippen molar-refractivity contribution in [1.29, 1.82) is 0 Å². The Morgan fingerprint density at radius 1 is 1.08 bits per heavy atom. The molecular formula is C18H14ClN3S2. The van der Waals surface area contributed by atoms with E-state index >= 15 is 0 Å². The van der Waals surface area contributed by atoms with E-state index in [1.54, 1.807) is 23.1 Å². The van der Waals surface area contributed by atoms with Crippen LogP contribution in [-0.4, -0.2) is 14.8 Å². The van der Waals surface area contributed by atoms with E-state index in [2.05, 4.69) is 44.4 Å². The quantitative estimate of drug-likeness (QED) is 0.435. The molecule has 6 heteroatoms. The lowest BCUT2D eigenvalue weighted by Crippen LogP contribution is -1.94. The lowest BCUT2D eigenvalue weighted by Gasteiger charge is -2.04. The molecule has 2 heterocycles. The SMILES string of the molecule is Cn1c(SCc2ccc(Cl)cc2)nnc1-c1csc2ccccc12. The van der Waals surface area contributed by atoms with E-state index in [0.717, 1.165) is 27.3 Å². The molecule has 0 aliphatic heterocycles. The van der Waals surface area contributed by atoms with Gasteiger partial charge < -0.3 is 4.57 Å². The van der Waals surface area contributed by atoms with Gasteiger partial charge >= 0.3 is 0 Å². The van der Waals surface area contributed by atoms with Gasteiger partial charge in [-0.2, -0.15) is 0 Å². The number of rotatable bonds is 4. The van der Waals surface area contributed by atoms with Crippen molar-refractivity contribution >= 4 is 44.8 Å². The fraction of sp³-hybridized carbons (Fsp3) is 0.111. The van der Waals surface area contributed by atoms with Gasteiger partial charge in [-0.15, -0.1) is 21.5 Å². The number of nitrogens with zero attached hydrogens (tertiary/aromatic N) is 3. The third kappa shape index (κ3) is 2.95. The first-order chi connectivity index (χ1) is 11.7. The number of aromatic nitrogens is 3. The molecule has 0 N–H and O–H groups in total. The van der Waals surface area contributed by atoms with Gasteiger partial charge in [0.15, 0.2) is 11.0 Å². The average molecular weight is 372 g/mol. The summed E-state index contributed by atoms with van der Waals surface area (Å²) in [5, 5.41) is 13.8. The zero-order chi connectivity index (χ0) is 16.5. The molecule has 0 aliphatic carbocycles. The number of hydrogen-bond donors (Lipinski definition) is 0. The molecule has 0 amide bonds. The van der Waals surface area contributed by atoms with Crippen LogP contribution in [0.25, 0.3) is 21.5 Å². The molecule has 0 radical (unpaired) electrons. The maximum absolute atomic E-state index is 5.93. The lowest BCUT2D eigenvalue weighted by molar-refractivity contribution is 0.794. The van der Waals surface area contributed by atoms with E-state index in [0.29, 0.717) is 0 Å². The third-order valence-electron chi connectivity index (χ3n) is 3.84. The van der Waals surface area contributed by atoms with Crippen LogP contribution in [0.5, 0.6) is 0 Å². The molecular weight excluding hydrogens is 358 g/mol. The van der Waals surface area contributed by atoms with E-state index < -0.39 is 0 Å². The van der Waals surface area contributed by atoms with Gasteiger partial charge in [-0.05, 0) is 23.8 Å². The van der Waals surface area contributed by atoms with Crippen molar-refractivity contribution in [3.8, 4) is 11.4 Å². The summed E-state index contributed by atoms with van der Waals surface area (Å²) in [6, 6.07) is 16.3. The van der Waals surface area contributed by atoms with Crippen LogP contribution < -0.4 is 0 Å². The summed E-state index contributed by atoms with van der Waals surface area (Å²) in [5.74, 6) is 1.75. The van der Waals surface area contributed by atoms with Crippen LogP contribution >= 0.6 is 34.7 Å². The summed E-state index contributed by atoms with van der Waals surface area (Å²) in [4.78, 5) is 0. The number of halogens is 1. The molecule has 0 fully saturated rings. The Bertz CT molecular complexity index is 989. The first-order valence-electron chi connectivity index (χ1n) is 7.45. The first kappa shape index (κ1) is 15.7. The second-order valence-electron chi connectivity index (χ2n) is 5.43. The van der Waals surface area contributed by atoms with E-state index in [9.17, 15) is 0 Å². The fourth-order valence-electron chi connectivity index (χ4n) is 2.55. The predicted molar refractivity (Wildman–Crippen MR) is 103 cm³/mol.